The number of thiazole rings is 1. The van der Waals surface area contributed by atoms with E-state index in [9.17, 15) is 0 Å². The average molecular weight is 369 g/mol. The number of rotatable bonds is 3. The second kappa shape index (κ2) is 5.94. The Hall–Kier alpha value is -1.63. The molecule has 3 atom stereocenters. The highest BCUT2D eigenvalue weighted by Crippen LogP contribution is 2.48. The summed E-state index contributed by atoms with van der Waals surface area (Å²) in [4.78, 5) is 10.0. The molecule has 0 radical (unpaired) electrons. The van der Waals surface area contributed by atoms with Crippen molar-refractivity contribution in [1.82, 2.24) is 14.8 Å². The highest BCUT2D eigenvalue weighted by atomic mass is 32.1. The van der Waals surface area contributed by atoms with Gasteiger partial charge in [0.1, 0.15) is 0 Å². The van der Waals surface area contributed by atoms with Crippen molar-refractivity contribution >= 4 is 11.3 Å². The monoisotopic (exact) mass is 369 g/mol. The van der Waals surface area contributed by atoms with Crippen LogP contribution in [0.15, 0.2) is 29.1 Å². The number of fused-ring (bicyclic) bond motifs is 3. The van der Waals surface area contributed by atoms with Gasteiger partial charge in [-0.1, -0.05) is 6.07 Å². The van der Waals surface area contributed by atoms with Crippen LogP contribution in [0.5, 0.6) is 11.5 Å². The maximum Gasteiger partial charge on any atom is 0.231 e. The Balaban J connectivity index is 1.36. The molecule has 0 amide bonds. The molecule has 0 saturated carbocycles. The lowest BCUT2D eigenvalue weighted by atomic mass is 9.75. The van der Waals surface area contributed by atoms with Crippen LogP contribution in [0, 0.1) is 5.92 Å². The van der Waals surface area contributed by atoms with Gasteiger partial charge in [0, 0.05) is 36.5 Å². The minimum atomic E-state index is 0.347. The summed E-state index contributed by atoms with van der Waals surface area (Å²) >= 11 is 1.70. The van der Waals surface area contributed by atoms with Crippen molar-refractivity contribution < 1.29 is 9.47 Å². The van der Waals surface area contributed by atoms with Gasteiger partial charge in [-0.3, -0.25) is 9.80 Å². The summed E-state index contributed by atoms with van der Waals surface area (Å²) in [5.74, 6) is 3.17. The minimum Gasteiger partial charge on any atom is -0.454 e. The Labute approximate surface area is 157 Å². The van der Waals surface area contributed by atoms with Gasteiger partial charge in [-0.25, -0.2) is 4.98 Å². The number of aromatic nitrogens is 1. The normalized spacial score (nSPS) is 35.0. The van der Waals surface area contributed by atoms with E-state index in [1.54, 1.807) is 11.3 Å². The zero-order valence-corrected chi connectivity index (χ0v) is 15.5. The molecule has 7 rings (SSSR count). The molecule has 6 heteroatoms. The lowest BCUT2D eigenvalue weighted by Crippen LogP contribution is -2.59. The van der Waals surface area contributed by atoms with E-state index in [4.69, 9.17) is 9.47 Å². The van der Waals surface area contributed by atoms with Crippen LogP contribution in [-0.4, -0.2) is 53.3 Å². The minimum absolute atomic E-state index is 0.347. The zero-order valence-electron chi connectivity index (χ0n) is 14.7. The summed E-state index contributed by atoms with van der Waals surface area (Å²) in [5.41, 5.74) is 4.57. The standard InChI is InChI=1S/C20H23N3O2S/c1-2-17-18(25-12-24-17)7-14(1)16-9-23(8-15-10-26-11-21-15)19-13-3-5-22(6-4-13)20(16)19/h1-2,7,10-11,13,16,19-20H,3-6,8-9,12H2/t16-,19+,20+/m1/s1. The van der Waals surface area contributed by atoms with Gasteiger partial charge in [0.25, 0.3) is 0 Å². The summed E-state index contributed by atoms with van der Waals surface area (Å²) < 4.78 is 11.2. The zero-order chi connectivity index (χ0) is 17.1. The molecule has 2 aromatic rings. The predicted molar refractivity (Wildman–Crippen MR) is 99.7 cm³/mol. The number of likely N-dealkylation sites (tertiary alicyclic amines) is 1. The second-order valence-electron chi connectivity index (χ2n) is 7.98. The van der Waals surface area contributed by atoms with Crippen molar-refractivity contribution in [3.05, 3.63) is 40.3 Å². The van der Waals surface area contributed by atoms with Gasteiger partial charge in [0.05, 0.1) is 11.2 Å². The third kappa shape index (κ3) is 2.32. The first-order chi connectivity index (χ1) is 12.9. The number of benzene rings is 1. The third-order valence-corrected chi connectivity index (χ3v) is 7.40. The number of hydrogen-bond acceptors (Lipinski definition) is 6. The van der Waals surface area contributed by atoms with E-state index in [0.29, 0.717) is 24.8 Å². The maximum atomic E-state index is 5.65. The van der Waals surface area contributed by atoms with E-state index in [1.807, 2.05) is 5.51 Å². The fourth-order valence-electron chi connectivity index (χ4n) is 5.68. The molecule has 0 aliphatic carbocycles. The average Bonchev–Trinajstić information content (AvgIpc) is 3.43. The summed E-state index contributed by atoms with van der Waals surface area (Å²) in [6.45, 7) is 4.96. The van der Waals surface area contributed by atoms with Crippen molar-refractivity contribution in [3.63, 3.8) is 0 Å². The van der Waals surface area contributed by atoms with Crippen LogP contribution in [0.2, 0.25) is 0 Å². The Kier molecular flexibility index (Phi) is 3.53. The number of piperidine rings is 3. The van der Waals surface area contributed by atoms with Crippen LogP contribution < -0.4 is 9.47 Å². The van der Waals surface area contributed by atoms with Gasteiger partial charge in [-0.2, -0.15) is 0 Å². The Morgan fingerprint density at radius 1 is 1.12 bits per heavy atom. The molecule has 136 valence electrons. The molecule has 26 heavy (non-hydrogen) atoms. The SMILES string of the molecule is c1nc(CN2C[C@H](c3ccc4c(c3)OCO4)[C@H]3[C@@H]2C2CCN3CC2)cs1. The molecule has 5 aliphatic rings. The van der Waals surface area contributed by atoms with Crippen molar-refractivity contribution in [2.24, 2.45) is 5.92 Å². The van der Waals surface area contributed by atoms with Crippen LogP contribution >= 0.6 is 11.3 Å². The third-order valence-electron chi connectivity index (χ3n) is 6.77. The second-order valence-corrected chi connectivity index (χ2v) is 8.70. The molecule has 0 spiro atoms. The Morgan fingerprint density at radius 3 is 2.85 bits per heavy atom. The van der Waals surface area contributed by atoms with E-state index in [0.717, 1.165) is 30.5 Å². The molecule has 1 aromatic heterocycles. The van der Waals surface area contributed by atoms with Gasteiger partial charge in [-0.15, -0.1) is 11.3 Å². The van der Waals surface area contributed by atoms with Crippen molar-refractivity contribution in [3.8, 4) is 11.5 Å². The van der Waals surface area contributed by atoms with Crippen molar-refractivity contribution in [1.29, 1.82) is 0 Å². The molecular weight excluding hydrogens is 346 g/mol. The fraction of sp³-hybridized carbons (Fsp3) is 0.550. The van der Waals surface area contributed by atoms with Crippen molar-refractivity contribution in [2.75, 3.05) is 26.4 Å². The van der Waals surface area contributed by atoms with E-state index in [1.165, 1.54) is 37.2 Å². The first-order valence-electron chi connectivity index (χ1n) is 9.61. The van der Waals surface area contributed by atoms with Crippen LogP contribution in [0.3, 0.4) is 0 Å². The van der Waals surface area contributed by atoms with Gasteiger partial charge in [-0.05, 0) is 49.5 Å². The van der Waals surface area contributed by atoms with E-state index in [2.05, 4.69) is 38.4 Å². The lowest BCUT2D eigenvalue weighted by Gasteiger charge is -2.51. The molecule has 2 bridgehead atoms. The van der Waals surface area contributed by atoms with Crippen LogP contribution in [0.1, 0.15) is 30.0 Å². The van der Waals surface area contributed by atoms with Gasteiger partial charge in [0.2, 0.25) is 6.79 Å². The summed E-state index contributed by atoms with van der Waals surface area (Å²) in [6, 6.07) is 7.85. The van der Waals surface area contributed by atoms with Gasteiger partial charge in [0.15, 0.2) is 11.5 Å². The van der Waals surface area contributed by atoms with E-state index in [-0.39, 0.29) is 0 Å². The Bertz CT molecular complexity index is 803. The van der Waals surface area contributed by atoms with Crippen LogP contribution in [0.4, 0.5) is 0 Å². The molecule has 4 fully saturated rings. The smallest absolute Gasteiger partial charge is 0.231 e. The predicted octanol–water partition coefficient (Wildman–Crippen LogP) is 2.93. The lowest BCUT2D eigenvalue weighted by molar-refractivity contribution is -0.00894. The highest BCUT2D eigenvalue weighted by Gasteiger charge is 2.53. The molecule has 5 aliphatic heterocycles. The van der Waals surface area contributed by atoms with Crippen LogP contribution in [-0.2, 0) is 6.54 Å². The first-order valence-corrected chi connectivity index (χ1v) is 10.6. The Morgan fingerprint density at radius 2 is 2.00 bits per heavy atom. The van der Waals surface area contributed by atoms with Gasteiger partial charge < -0.3 is 9.47 Å². The number of ether oxygens (including phenoxy) is 2. The molecule has 0 N–H and O–H groups in total. The molecule has 4 saturated heterocycles. The number of nitrogens with zero attached hydrogens (tertiary/aromatic N) is 3. The van der Waals surface area contributed by atoms with Crippen LogP contribution in [0.25, 0.3) is 0 Å². The van der Waals surface area contributed by atoms with Crippen molar-refractivity contribution in [2.45, 2.75) is 37.4 Å². The summed E-state index contributed by atoms with van der Waals surface area (Å²) in [6.07, 6.45) is 2.70. The molecule has 1 aromatic carbocycles. The van der Waals surface area contributed by atoms with E-state index < -0.39 is 0 Å². The summed E-state index contributed by atoms with van der Waals surface area (Å²) in [5, 5.41) is 2.20. The number of hydrogen-bond donors (Lipinski definition) is 0. The topological polar surface area (TPSA) is 37.8 Å². The maximum absolute atomic E-state index is 5.65. The largest absolute Gasteiger partial charge is 0.454 e. The molecule has 6 heterocycles. The molecule has 0 unspecified atom stereocenters. The molecule has 5 nitrogen and oxygen atoms in total. The van der Waals surface area contributed by atoms with E-state index >= 15 is 0 Å². The quantitative estimate of drug-likeness (QED) is 0.832. The highest BCUT2D eigenvalue weighted by molar-refractivity contribution is 7.07. The fourth-order valence-corrected chi connectivity index (χ4v) is 6.23. The summed E-state index contributed by atoms with van der Waals surface area (Å²) in [7, 11) is 0. The molecular formula is C20H23N3O2S. The van der Waals surface area contributed by atoms with Gasteiger partial charge >= 0.3 is 0 Å². The first kappa shape index (κ1) is 15.4.